The Kier molecular flexibility index (Phi) is 4.08. The number of carboxylic acids is 1. The van der Waals surface area contributed by atoms with Gasteiger partial charge >= 0.3 is 5.97 Å². The Morgan fingerprint density at radius 1 is 1.33 bits per heavy atom. The maximum atomic E-state index is 10.5. The third-order valence-corrected chi connectivity index (χ3v) is 3.46. The van der Waals surface area contributed by atoms with Crippen molar-refractivity contribution in [1.29, 1.82) is 0 Å². The average molecular weight is 226 g/mol. The Balaban J connectivity index is 2.68. The fraction of sp³-hybridized carbons (Fsp3) is 0.500. The van der Waals surface area contributed by atoms with Crippen molar-refractivity contribution >= 4 is 17.7 Å². The first-order valence-electron chi connectivity index (χ1n) is 4.72. The maximum absolute atomic E-state index is 10.5. The van der Waals surface area contributed by atoms with Gasteiger partial charge in [0.25, 0.3) is 0 Å². The summed E-state index contributed by atoms with van der Waals surface area (Å²) in [6.07, 6.45) is 2.80. The molecule has 1 aromatic rings. The molecule has 5 heteroatoms. The molecule has 0 aliphatic rings. The van der Waals surface area contributed by atoms with Gasteiger partial charge < -0.3 is 5.11 Å². The lowest BCUT2D eigenvalue weighted by atomic mass is 10.2. The van der Waals surface area contributed by atoms with Crippen LogP contribution in [0.25, 0.3) is 0 Å². The van der Waals surface area contributed by atoms with Gasteiger partial charge in [0.2, 0.25) is 0 Å². The molecular formula is C10H14N2O2S. The van der Waals surface area contributed by atoms with Crippen molar-refractivity contribution in [3.8, 4) is 0 Å². The van der Waals surface area contributed by atoms with Crippen LogP contribution >= 0.6 is 11.8 Å². The molecule has 0 aliphatic heterocycles. The van der Waals surface area contributed by atoms with Gasteiger partial charge in [-0.2, -0.15) is 0 Å². The second-order valence-electron chi connectivity index (χ2n) is 3.61. The van der Waals surface area contributed by atoms with Gasteiger partial charge in [0.05, 0.1) is 12.4 Å². The number of hydrogen-bond donors (Lipinski definition) is 1. The van der Waals surface area contributed by atoms with Gasteiger partial charge in [-0.15, -0.1) is 11.8 Å². The Hall–Kier alpha value is -1.10. The molecule has 1 rings (SSSR count). The summed E-state index contributed by atoms with van der Waals surface area (Å²) in [5, 5.41) is 9.84. The van der Waals surface area contributed by atoms with Gasteiger partial charge in [0.15, 0.2) is 5.69 Å². The van der Waals surface area contributed by atoms with E-state index in [1.807, 2.05) is 0 Å². The van der Waals surface area contributed by atoms with Gasteiger partial charge in [0, 0.05) is 5.25 Å². The summed E-state index contributed by atoms with van der Waals surface area (Å²) in [5.41, 5.74) is -0.0171. The van der Waals surface area contributed by atoms with Crippen LogP contribution in [0, 0.1) is 5.92 Å². The quantitative estimate of drug-likeness (QED) is 0.798. The summed E-state index contributed by atoms with van der Waals surface area (Å²) >= 11 is 1.61. The standard InChI is InChI=1S/C10H14N2O2S/c1-6(2)7(3)15-9-5-11-8(4-12-9)10(13)14/h4-7H,1-3H3,(H,13,14). The number of hydrogen-bond acceptors (Lipinski definition) is 4. The maximum Gasteiger partial charge on any atom is 0.356 e. The van der Waals surface area contributed by atoms with Crippen LogP contribution in [0.3, 0.4) is 0 Å². The van der Waals surface area contributed by atoms with Gasteiger partial charge in [-0.3, -0.25) is 0 Å². The Morgan fingerprint density at radius 3 is 2.40 bits per heavy atom. The van der Waals surface area contributed by atoms with E-state index in [-0.39, 0.29) is 5.69 Å². The lowest BCUT2D eigenvalue weighted by molar-refractivity contribution is 0.0689. The Morgan fingerprint density at radius 2 is 2.00 bits per heavy atom. The molecule has 0 fully saturated rings. The monoisotopic (exact) mass is 226 g/mol. The molecule has 0 aliphatic carbocycles. The molecule has 1 N–H and O–H groups in total. The third-order valence-electron chi connectivity index (χ3n) is 2.09. The average Bonchev–Trinajstić information content (AvgIpc) is 2.18. The summed E-state index contributed by atoms with van der Waals surface area (Å²) in [7, 11) is 0. The van der Waals surface area contributed by atoms with Crippen molar-refractivity contribution < 1.29 is 9.90 Å². The zero-order valence-electron chi connectivity index (χ0n) is 8.97. The van der Waals surface area contributed by atoms with E-state index in [1.165, 1.54) is 12.4 Å². The normalized spacial score (nSPS) is 12.8. The SMILES string of the molecule is CC(C)C(C)Sc1cnc(C(=O)O)cn1. The fourth-order valence-corrected chi connectivity index (χ4v) is 1.69. The highest BCUT2D eigenvalue weighted by atomic mass is 32.2. The molecule has 1 aromatic heterocycles. The van der Waals surface area contributed by atoms with Crippen LogP contribution in [0.15, 0.2) is 17.4 Å². The summed E-state index contributed by atoms with van der Waals surface area (Å²) < 4.78 is 0. The van der Waals surface area contributed by atoms with E-state index in [2.05, 4.69) is 30.7 Å². The highest BCUT2D eigenvalue weighted by Gasteiger charge is 2.11. The van der Waals surface area contributed by atoms with E-state index >= 15 is 0 Å². The van der Waals surface area contributed by atoms with Crippen molar-refractivity contribution in [3.63, 3.8) is 0 Å². The molecule has 82 valence electrons. The molecule has 0 bridgehead atoms. The van der Waals surface area contributed by atoms with Gasteiger partial charge in [-0.05, 0) is 5.92 Å². The third kappa shape index (κ3) is 3.51. The highest BCUT2D eigenvalue weighted by molar-refractivity contribution is 7.99. The van der Waals surface area contributed by atoms with Crippen LogP contribution in [0.5, 0.6) is 0 Å². The second kappa shape index (κ2) is 5.11. The zero-order valence-corrected chi connectivity index (χ0v) is 9.78. The largest absolute Gasteiger partial charge is 0.476 e. The smallest absolute Gasteiger partial charge is 0.356 e. The second-order valence-corrected chi connectivity index (χ2v) is 5.01. The lowest BCUT2D eigenvalue weighted by Gasteiger charge is -2.13. The number of carboxylic acid groups (broad SMARTS) is 1. The minimum atomic E-state index is -1.05. The molecule has 0 saturated heterocycles. The molecule has 0 amide bonds. The van der Waals surface area contributed by atoms with Crippen LogP contribution in [0.1, 0.15) is 31.3 Å². The Bertz CT molecular complexity index is 338. The first kappa shape index (κ1) is 12.0. The number of rotatable bonds is 4. The lowest BCUT2D eigenvalue weighted by Crippen LogP contribution is -2.07. The van der Waals surface area contributed by atoms with Crippen LogP contribution in [0.2, 0.25) is 0 Å². The minimum Gasteiger partial charge on any atom is -0.476 e. The summed E-state index contributed by atoms with van der Waals surface area (Å²) in [4.78, 5) is 18.4. The minimum absolute atomic E-state index is 0.0171. The summed E-state index contributed by atoms with van der Waals surface area (Å²) in [6.45, 7) is 6.38. The van der Waals surface area contributed by atoms with Crippen LogP contribution < -0.4 is 0 Å². The van der Waals surface area contributed by atoms with Crippen molar-refractivity contribution in [3.05, 3.63) is 18.1 Å². The van der Waals surface area contributed by atoms with E-state index < -0.39 is 5.97 Å². The van der Waals surface area contributed by atoms with Gasteiger partial charge in [-0.1, -0.05) is 20.8 Å². The molecule has 1 unspecified atom stereocenters. The molecule has 4 nitrogen and oxygen atoms in total. The van der Waals surface area contributed by atoms with Crippen molar-refractivity contribution in [2.24, 2.45) is 5.92 Å². The Labute approximate surface area is 93.1 Å². The number of carbonyl (C=O) groups is 1. The van der Waals surface area contributed by atoms with E-state index in [0.717, 1.165) is 5.03 Å². The molecule has 0 aromatic carbocycles. The van der Waals surface area contributed by atoms with Crippen LogP contribution in [-0.4, -0.2) is 26.3 Å². The van der Waals surface area contributed by atoms with E-state index in [0.29, 0.717) is 11.2 Å². The highest BCUT2D eigenvalue weighted by Crippen LogP contribution is 2.25. The summed E-state index contributed by atoms with van der Waals surface area (Å²) in [6, 6.07) is 0. The molecule has 0 spiro atoms. The molecule has 1 atom stereocenters. The first-order chi connectivity index (χ1) is 7.00. The van der Waals surface area contributed by atoms with Crippen molar-refractivity contribution in [1.82, 2.24) is 9.97 Å². The molecule has 15 heavy (non-hydrogen) atoms. The van der Waals surface area contributed by atoms with E-state index in [1.54, 1.807) is 11.8 Å². The predicted molar refractivity (Wildman–Crippen MR) is 59.1 cm³/mol. The predicted octanol–water partition coefficient (Wildman–Crippen LogP) is 2.31. The van der Waals surface area contributed by atoms with Crippen LogP contribution in [-0.2, 0) is 0 Å². The molecule has 0 radical (unpaired) electrons. The first-order valence-corrected chi connectivity index (χ1v) is 5.60. The van der Waals surface area contributed by atoms with E-state index in [9.17, 15) is 4.79 Å². The number of thioether (sulfide) groups is 1. The van der Waals surface area contributed by atoms with Crippen molar-refractivity contribution in [2.75, 3.05) is 0 Å². The van der Waals surface area contributed by atoms with Crippen molar-refractivity contribution in [2.45, 2.75) is 31.0 Å². The fourth-order valence-electron chi connectivity index (χ4n) is 0.814. The topological polar surface area (TPSA) is 63.1 Å². The van der Waals surface area contributed by atoms with Crippen LogP contribution in [0.4, 0.5) is 0 Å². The van der Waals surface area contributed by atoms with Gasteiger partial charge in [0.1, 0.15) is 5.03 Å². The zero-order chi connectivity index (χ0) is 11.4. The number of aromatic nitrogens is 2. The molecule has 1 heterocycles. The van der Waals surface area contributed by atoms with Gasteiger partial charge in [-0.25, -0.2) is 14.8 Å². The number of nitrogens with zero attached hydrogens (tertiary/aromatic N) is 2. The molecular weight excluding hydrogens is 212 g/mol. The molecule has 0 saturated carbocycles. The van der Waals surface area contributed by atoms with E-state index in [4.69, 9.17) is 5.11 Å². The summed E-state index contributed by atoms with van der Waals surface area (Å²) in [5.74, 6) is -0.494. The number of aromatic carboxylic acids is 1.